The summed E-state index contributed by atoms with van der Waals surface area (Å²) in [5.74, 6) is 1.79. The van der Waals surface area contributed by atoms with Gasteiger partial charge in [-0.3, -0.25) is 0 Å². The largest absolute Gasteiger partial charge is 0.493 e. The van der Waals surface area contributed by atoms with Gasteiger partial charge in [0, 0.05) is 20.8 Å². The molecule has 0 unspecified atom stereocenters. The molecule has 0 atom stereocenters. The summed E-state index contributed by atoms with van der Waals surface area (Å²) in [5, 5.41) is 0. The number of thioether (sulfide) groups is 1. The molecule has 4 heteroatoms. The molecule has 0 heterocycles. The fraction of sp³-hybridized carbons (Fsp3) is 0.200. The first kappa shape index (κ1) is 14.3. The van der Waals surface area contributed by atoms with Gasteiger partial charge in [-0.1, -0.05) is 28.1 Å². The third kappa shape index (κ3) is 4.48. The SMILES string of the molecule is Cc1ccc(N)cc1SCCOc1cccc(Br)c1. The molecule has 0 spiro atoms. The maximum atomic E-state index is 5.79. The lowest BCUT2D eigenvalue weighted by atomic mass is 10.2. The predicted molar refractivity (Wildman–Crippen MR) is 86.0 cm³/mol. The van der Waals surface area contributed by atoms with Gasteiger partial charge in [0.05, 0.1) is 6.61 Å². The first-order valence-electron chi connectivity index (χ1n) is 6.02. The van der Waals surface area contributed by atoms with Gasteiger partial charge < -0.3 is 10.5 Å². The van der Waals surface area contributed by atoms with Crippen molar-refractivity contribution in [1.82, 2.24) is 0 Å². The average Bonchev–Trinajstić information content (AvgIpc) is 2.39. The third-order valence-corrected chi connectivity index (χ3v) is 4.23. The lowest BCUT2D eigenvalue weighted by Crippen LogP contribution is -2.00. The van der Waals surface area contributed by atoms with Crippen molar-refractivity contribution in [1.29, 1.82) is 0 Å². The summed E-state index contributed by atoms with van der Waals surface area (Å²) in [6.45, 7) is 2.77. The van der Waals surface area contributed by atoms with Crippen LogP contribution in [0.2, 0.25) is 0 Å². The van der Waals surface area contributed by atoms with Crippen molar-refractivity contribution in [3.63, 3.8) is 0 Å². The van der Waals surface area contributed by atoms with Crippen LogP contribution in [0.4, 0.5) is 5.69 Å². The zero-order valence-electron chi connectivity index (χ0n) is 10.7. The predicted octanol–water partition coefficient (Wildman–Crippen LogP) is 4.51. The van der Waals surface area contributed by atoms with Crippen LogP contribution in [-0.4, -0.2) is 12.4 Å². The number of nitrogens with two attached hydrogens (primary N) is 1. The van der Waals surface area contributed by atoms with E-state index in [9.17, 15) is 0 Å². The molecule has 2 N–H and O–H groups in total. The van der Waals surface area contributed by atoms with Gasteiger partial charge in [-0.15, -0.1) is 11.8 Å². The maximum Gasteiger partial charge on any atom is 0.120 e. The molecule has 2 aromatic rings. The molecule has 0 saturated heterocycles. The van der Waals surface area contributed by atoms with Gasteiger partial charge in [0.2, 0.25) is 0 Å². The molecule has 2 nitrogen and oxygen atoms in total. The molecule has 0 aliphatic rings. The quantitative estimate of drug-likeness (QED) is 0.495. The molecule has 0 saturated carbocycles. The molecular weight excluding hydrogens is 322 g/mol. The summed E-state index contributed by atoms with van der Waals surface area (Å²) in [4.78, 5) is 1.22. The molecule has 2 rings (SSSR count). The zero-order valence-corrected chi connectivity index (χ0v) is 13.1. The topological polar surface area (TPSA) is 35.2 Å². The van der Waals surface area contributed by atoms with E-state index in [0.717, 1.165) is 21.7 Å². The normalized spacial score (nSPS) is 10.4. The number of ether oxygens (including phenoxy) is 1. The van der Waals surface area contributed by atoms with Gasteiger partial charge in [0.15, 0.2) is 0 Å². The van der Waals surface area contributed by atoms with Crippen LogP contribution in [0.25, 0.3) is 0 Å². The Morgan fingerprint density at radius 2 is 2.05 bits per heavy atom. The van der Waals surface area contributed by atoms with Gasteiger partial charge >= 0.3 is 0 Å². The van der Waals surface area contributed by atoms with E-state index in [-0.39, 0.29) is 0 Å². The number of rotatable bonds is 5. The van der Waals surface area contributed by atoms with E-state index < -0.39 is 0 Å². The Labute approximate surface area is 126 Å². The molecule has 0 bridgehead atoms. The van der Waals surface area contributed by atoms with E-state index in [4.69, 9.17) is 10.5 Å². The molecule has 0 aromatic heterocycles. The minimum atomic E-state index is 0.676. The third-order valence-electron chi connectivity index (χ3n) is 2.62. The first-order chi connectivity index (χ1) is 9.15. The summed E-state index contributed by atoms with van der Waals surface area (Å²) < 4.78 is 6.73. The van der Waals surface area contributed by atoms with Crippen LogP contribution in [-0.2, 0) is 0 Å². The fourth-order valence-electron chi connectivity index (χ4n) is 1.64. The fourth-order valence-corrected chi connectivity index (χ4v) is 2.92. The molecule has 0 radical (unpaired) electrons. The maximum absolute atomic E-state index is 5.79. The van der Waals surface area contributed by atoms with Gasteiger partial charge in [0.1, 0.15) is 5.75 Å². The van der Waals surface area contributed by atoms with E-state index in [0.29, 0.717) is 6.61 Å². The molecule has 0 amide bonds. The number of hydrogen-bond donors (Lipinski definition) is 1. The van der Waals surface area contributed by atoms with Crippen LogP contribution >= 0.6 is 27.7 Å². The summed E-state index contributed by atoms with van der Waals surface area (Å²) >= 11 is 5.19. The van der Waals surface area contributed by atoms with Crippen LogP contribution < -0.4 is 10.5 Å². The second kappa shape index (κ2) is 6.87. The second-order valence-corrected chi connectivity index (χ2v) is 6.23. The average molecular weight is 338 g/mol. The minimum absolute atomic E-state index is 0.676. The van der Waals surface area contributed by atoms with E-state index in [1.54, 1.807) is 11.8 Å². The lowest BCUT2D eigenvalue weighted by Gasteiger charge is -2.08. The Bertz CT molecular complexity index is 560. The van der Waals surface area contributed by atoms with Gasteiger partial charge in [-0.2, -0.15) is 0 Å². The molecule has 0 aliphatic carbocycles. The van der Waals surface area contributed by atoms with Gasteiger partial charge in [0.25, 0.3) is 0 Å². The standard InChI is InChI=1S/C15H16BrNOS/c1-11-5-6-13(17)10-15(11)19-8-7-18-14-4-2-3-12(16)9-14/h2-6,9-10H,7-8,17H2,1H3. The number of halogens is 1. The van der Waals surface area contributed by atoms with Crippen molar-refractivity contribution >= 4 is 33.4 Å². The Hall–Kier alpha value is -1.13. The van der Waals surface area contributed by atoms with Crippen LogP contribution in [0.1, 0.15) is 5.56 Å². The van der Waals surface area contributed by atoms with E-state index in [2.05, 4.69) is 22.9 Å². The zero-order chi connectivity index (χ0) is 13.7. The molecule has 0 aliphatic heterocycles. The number of anilines is 1. The van der Waals surface area contributed by atoms with Crippen LogP contribution in [0.15, 0.2) is 51.8 Å². The molecule has 0 fully saturated rings. The molecule has 19 heavy (non-hydrogen) atoms. The minimum Gasteiger partial charge on any atom is -0.493 e. The van der Waals surface area contributed by atoms with Crippen LogP contribution in [0, 0.1) is 6.92 Å². The highest BCUT2D eigenvalue weighted by molar-refractivity contribution is 9.10. The first-order valence-corrected chi connectivity index (χ1v) is 7.80. The summed E-state index contributed by atoms with van der Waals surface area (Å²) in [7, 11) is 0. The van der Waals surface area contributed by atoms with Crippen molar-refractivity contribution in [2.75, 3.05) is 18.1 Å². The summed E-state index contributed by atoms with van der Waals surface area (Å²) in [5.41, 5.74) is 7.85. The Morgan fingerprint density at radius 1 is 1.21 bits per heavy atom. The highest BCUT2D eigenvalue weighted by atomic mass is 79.9. The van der Waals surface area contributed by atoms with Gasteiger partial charge in [-0.25, -0.2) is 0 Å². The summed E-state index contributed by atoms with van der Waals surface area (Å²) in [6, 6.07) is 13.9. The summed E-state index contributed by atoms with van der Waals surface area (Å²) in [6.07, 6.45) is 0. The van der Waals surface area contributed by atoms with Crippen molar-refractivity contribution in [3.8, 4) is 5.75 Å². The van der Waals surface area contributed by atoms with Crippen LogP contribution in [0.5, 0.6) is 5.75 Å². The molecular formula is C15H16BrNOS. The number of nitrogen functional groups attached to an aromatic ring is 1. The second-order valence-electron chi connectivity index (χ2n) is 4.18. The molecule has 2 aromatic carbocycles. The van der Waals surface area contributed by atoms with E-state index in [1.165, 1.54) is 10.5 Å². The Kier molecular flexibility index (Phi) is 5.16. The van der Waals surface area contributed by atoms with Crippen molar-refractivity contribution in [2.24, 2.45) is 0 Å². The Morgan fingerprint density at radius 3 is 2.84 bits per heavy atom. The van der Waals surface area contributed by atoms with Gasteiger partial charge in [-0.05, 0) is 42.8 Å². The number of benzene rings is 2. The highest BCUT2D eigenvalue weighted by Crippen LogP contribution is 2.25. The van der Waals surface area contributed by atoms with Crippen molar-refractivity contribution in [3.05, 3.63) is 52.5 Å². The van der Waals surface area contributed by atoms with Crippen LogP contribution in [0.3, 0.4) is 0 Å². The lowest BCUT2D eigenvalue weighted by molar-refractivity contribution is 0.344. The van der Waals surface area contributed by atoms with E-state index >= 15 is 0 Å². The highest BCUT2D eigenvalue weighted by Gasteiger charge is 2.00. The number of aryl methyl sites for hydroxylation is 1. The van der Waals surface area contributed by atoms with E-state index in [1.807, 2.05) is 42.5 Å². The van der Waals surface area contributed by atoms with Crippen molar-refractivity contribution in [2.45, 2.75) is 11.8 Å². The smallest absolute Gasteiger partial charge is 0.120 e. The monoisotopic (exact) mass is 337 g/mol. The Balaban J connectivity index is 1.82. The van der Waals surface area contributed by atoms with Crippen molar-refractivity contribution < 1.29 is 4.74 Å². The molecule has 100 valence electrons. The number of hydrogen-bond acceptors (Lipinski definition) is 3.